The smallest absolute Gasteiger partial charge is 0.274 e. The van der Waals surface area contributed by atoms with Gasteiger partial charge in [-0.15, -0.1) is 11.8 Å². The molecule has 30 heavy (non-hydrogen) atoms. The maximum absolute atomic E-state index is 13.2. The molecule has 0 aromatic heterocycles. The lowest BCUT2D eigenvalue weighted by molar-refractivity contribution is -0.384. The molecule has 0 amide bonds. The molecule has 0 atom stereocenters. The van der Waals surface area contributed by atoms with E-state index in [1.54, 1.807) is 62.7 Å². The molecule has 10 heteroatoms. The van der Waals surface area contributed by atoms with Crippen LogP contribution in [0.2, 0.25) is 0 Å². The van der Waals surface area contributed by atoms with Crippen LogP contribution in [0.3, 0.4) is 0 Å². The van der Waals surface area contributed by atoms with E-state index in [2.05, 4.69) is 10.5 Å². The molecule has 1 aliphatic heterocycles. The minimum absolute atomic E-state index is 0.0116. The fourth-order valence-electron chi connectivity index (χ4n) is 3.12. The summed E-state index contributed by atoms with van der Waals surface area (Å²) in [6.07, 6.45) is 3.29. The lowest BCUT2D eigenvalue weighted by Gasteiger charge is -2.32. The Balaban J connectivity index is 1.97. The lowest BCUT2D eigenvalue weighted by Crippen LogP contribution is -2.34. The number of non-ortho nitro benzene ring substituents is 1. The summed E-state index contributed by atoms with van der Waals surface area (Å²) >= 11 is 1.17. The molecule has 0 fully saturated rings. The number of sulfonamides is 1. The number of hydrogen-bond acceptors (Lipinski definition) is 7. The van der Waals surface area contributed by atoms with Gasteiger partial charge in [0, 0.05) is 23.4 Å². The van der Waals surface area contributed by atoms with Crippen molar-refractivity contribution in [3.63, 3.8) is 0 Å². The van der Waals surface area contributed by atoms with Crippen LogP contribution in [0, 0.1) is 10.1 Å². The van der Waals surface area contributed by atoms with Crippen molar-refractivity contribution in [1.29, 1.82) is 0 Å². The molecular formula is C20H20N4O4S2. The van der Waals surface area contributed by atoms with Gasteiger partial charge in [0.05, 0.1) is 22.5 Å². The van der Waals surface area contributed by atoms with Crippen LogP contribution in [0.4, 0.5) is 17.1 Å². The highest BCUT2D eigenvalue weighted by atomic mass is 32.3. The van der Waals surface area contributed by atoms with E-state index in [0.29, 0.717) is 28.2 Å². The topological polar surface area (TPSA) is 105 Å². The van der Waals surface area contributed by atoms with Gasteiger partial charge in [0.25, 0.3) is 15.7 Å². The van der Waals surface area contributed by atoms with Crippen molar-refractivity contribution in [2.75, 3.05) is 16.0 Å². The molecule has 1 heterocycles. The SMILES string of the molecule is CSC1=C(C)C(C=NNc2ccc([N+](=O)[O-])cc2)=C(C)N(c2ccccc2)S1(=O)=O. The average Bonchev–Trinajstić information content (AvgIpc) is 2.71. The Bertz CT molecular complexity index is 1160. The number of para-hydroxylation sites is 1. The summed E-state index contributed by atoms with van der Waals surface area (Å²) in [5.41, 5.74) is 5.75. The van der Waals surface area contributed by atoms with E-state index in [0.717, 1.165) is 0 Å². The molecule has 1 N–H and O–H groups in total. The first-order valence-electron chi connectivity index (χ1n) is 8.87. The molecule has 2 aromatic carbocycles. The first-order chi connectivity index (χ1) is 14.3. The summed E-state index contributed by atoms with van der Waals surface area (Å²) in [5, 5.41) is 15.0. The van der Waals surface area contributed by atoms with E-state index in [-0.39, 0.29) is 9.92 Å². The lowest BCUT2D eigenvalue weighted by atomic mass is 10.1. The predicted octanol–water partition coefficient (Wildman–Crippen LogP) is 4.71. The predicted molar refractivity (Wildman–Crippen MR) is 122 cm³/mol. The highest BCUT2D eigenvalue weighted by Crippen LogP contribution is 2.40. The van der Waals surface area contributed by atoms with Crippen molar-refractivity contribution >= 4 is 45.1 Å². The van der Waals surface area contributed by atoms with Gasteiger partial charge in [0.2, 0.25) is 0 Å². The molecule has 0 spiro atoms. The van der Waals surface area contributed by atoms with E-state index in [4.69, 9.17) is 0 Å². The second-order valence-electron chi connectivity index (χ2n) is 6.39. The molecule has 0 aliphatic carbocycles. The number of nitro groups is 1. The Kier molecular flexibility index (Phi) is 6.28. The van der Waals surface area contributed by atoms with Crippen LogP contribution in [0.5, 0.6) is 0 Å². The number of anilines is 2. The van der Waals surface area contributed by atoms with Crippen LogP contribution in [-0.4, -0.2) is 25.8 Å². The number of thioether (sulfide) groups is 1. The Hall–Kier alpha value is -3.11. The number of hydrazone groups is 1. The van der Waals surface area contributed by atoms with E-state index >= 15 is 0 Å². The number of rotatable bonds is 6. The average molecular weight is 445 g/mol. The fourth-order valence-corrected chi connectivity index (χ4v) is 6.12. The van der Waals surface area contributed by atoms with Crippen LogP contribution in [0.15, 0.2) is 80.8 Å². The third-order valence-electron chi connectivity index (χ3n) is 4.52. The van der Waals surface area contributed by atoms with Crippen molar-refractivity contribution in [3.8, 4) is 0 Å². The van der Waals surface area contributed by atoms with E-state index in [1.807, 2.05) is 6.07 Å². The summed E-state index contributed by atoms with van der Waals surface area (Å²) in [6.45, 7) is 3.49. The summed E-state index contributed by atoms with van der Waals surface area (Å²) in [4.78, 5) is 10.3. The minimum atomic E-state index is -3.72. The van der Waals surface area contributed by atoms with Crippen molar-refractivity contribution < 1.29 is 13.3 Å². The molecule has 0 saturated carbocycles. The second kappa shape index (κ2) is 8.72. The van der Waals surface area contributed by atoms with Crippen molar-refractivity contribution in [2.45, 2.75) is 13.8 Å². The first kappa shape index (κ1) is 21.6. The molecule has 1 aliphatic rings. The minimum Gasteiger partial charge on any atom is -0.278 e. The molecule has 3 rings (SSSR count). The Labute approximate surface area is 179 Å². The summed E-state index contributed by atoms with van der Waals surface area (Å²) in [7, 11) is -3.72. The zero-order valence-electron chi connectivity index (χ0n) is 16.6. The van der Waals surface area contributed by atoms with Gasteiger partial charge < -0.3 is 0 Å². The van der Waals surface area contributed by atoms with Gasteiger partial charge >= 0.3 is 0 Å². The van der Waals surface area contributed by atoms with Gasteiger partial charge in [-0.05, 0) is 49.9 Å². The van der Waals surface area contributed by atoms with Gasteiger partial charge in [-0.1, -0.05) is 18.2 Å². The first-order valence-corrected chi connectivity index (χ1v) is 11.5. The maximum atomic E-state index is 13.2. The van der Waals surface area contributed by atoms with Crippen LogP contribution >= 0.6 is 11.8 Å². The van der Waals surface area contributed by atoms with Crippen LogP contribution in [0.25, 0.3) is 0 Å². The third-order valence-corrected chi connectivity index (χ3v) is 8.07. The van der Waals surface area contributed by atoms with Crippen molar-refractivity contribution in [1.82, 2.24) is 0 Å². The number of hydrogen-bond donors (Lipinski definition) is 1. The Morgan fingerprint density at radius 3 is 2.30 bits per heavy atom. The zero-order chi connectivity index (χ0) is 21.9. The molecule has 2 aromatic rings. The second-order valence-corrected chi connectivity index (χ2v) is 9.19. The molecule has 0 bridgehead atoms. The third kappa shape index (κ3) is 4.10. The number of allylic oxidation sites excluding steroid dienone is 3. The Morgan fingerprint density at radius 2 is 1.73 bits per heavy atom. The molecule has 0 saturated heterocycles. The van der Waals surface area contributed by atoms with Gasteiger partial charge in [-0.3, -0.25) is 15.5 Å². The van der Waals surface area contributed by atoms with Gasteiger partial charge in [0.1, 0.15) is 4.24 Å². The van der Waals surface area contributed by atoms with E-state index < -0.39 is 14.9 Å². The van der Waals surface area contributed by atoms with Crippen LogP contribution in [-0.2, 0) is 10.0 Å². The number of benzene rings is 2. The highest BCUT2D eigenvalue weighted by molar-refractivity contribution is 8.19. The number of nitrogens with one attached hydrogen (secondary N) is 1. The monoisotopic (exact) mass is 444 g/mol. The van der Waals surface area contributed by atoms with Crippen LogP contribution in [0.1, 0.15) is 13.8 Å². The molecule has 156 valence electrons. The highest BCUT2D eigenvalue weighted by Gasteiger charge is 2.36. The fraction of sp³-hybridized carbons (Fsp3) is 0.150. The quantitative estimate of drug-likeness (QED) is 0.393. The standard InChI is InChI=1S/C20H20N4O4S2/c1-14-19(13-21-22-16-9-11-18(12-10-16)24(25)26)15(2)23(17-7-5-4-6-8-17)30(27,28)20(14)29-3/h4-13,22H,1-3H3. The summed E-state index contributed by atoms with van der Waals surface area (Å²) < 4.78 is 28.0. The Morgan fingerprint density at radius 1 is 1.10 bits per heavy atom. The van der Waals surface area contributed by atoms with E-state index in [1.165, 1.54) is 28.2 Å². The van der Waals surface area contributed by atoms with E-state index in [9.17, 15) is 18.5 Å². The molecule has 0 radical (unpaired) electrons. The maximum Gasteiger partial charge on any atom is 0.274 e. The van der Waals surface area contributed by atoms with Gasteiger partial charge in [-0.2, -0.15) is 5.10 Å². The summed E-state index contributed by atoms with van der Waals surface area (Å²) in [5.74, 6) is 0. The molecular weight excluding hydrogens is 424 g/mol. The van der Waals surface area contributed by atoms with Crippen molar-refractivity contribution in [2.24, 2.45) is 5.10 Å². The number of nitrogens with zero attached hydrogens (tertiary/aromatic N) is 3. The van der Waals surface area contributed by atoms with Crippen LogP contribution < -0.4 is 9.73 Å². The summed E-state index contributed by atoms with van der Waals surface area (Å²) in [6, 6.07) is 14.7. The normalized spacial score (nSPS) is 16.3. The van der Waals surface area contributed by atoms with Crippen molar-refractivity contribution in [3.05, 3.63) is 85.8 Å². The zero-order valence-corrected chi connectivity index (χ0v) is 18.2. The van der Waals surface area contributed by atoms with Gasteiger partial charge in [-0.25, -0.2) is 12.7 Å². The molecule has 0 unspecified atom stereocenters. The largest absolute Gasteiger partial charge is 0.278 e. The number of nitro benzene ring substituents is 1. The molecule has 8 nitrogen and oxygen atoms in total. The van der Waals surface area contributed by atoms with Gasteiger partial charge in [0.15, 0.2) is 0 Å².